The minimum atomic E-state index is -0.214. The second-order valence-electron chi connectivity index (χ2n) is 4.25. The average molecular weight is 288 g/mol. The van der Waals surface area contributed by atoms with Crippen molar-refractivity contribution < 1.29 is 19.4 Å². The summed E-state index contributed by atoms with van der Waals surface area (Å²) in [7, 11) is 0. The van der Waals surface area contributed by atoms with Gasteiger partial charge in [-0.15, -0.1) is 11.3 Å². The third-order valence-electron chi connectivity index (χ3n) is 2.94. The molecule has 4 nitrogen and oxygen atoms in total. The van der Waals surface area contributed by atoms with Gasteiger partial charge in [0.15, 0.2) is 17.3 Å². The normalized spacial score (nSPS) is 13.0. The lowest BCUT2D eigenvalue weighted by Gasteiger charge is -1.99. The van der Waals surface area contributed by atoms with E-state index in [4.69, 9.17) is 9.47 Å². The van der Waals surface area contributed by atoms with Crippen LogP contribution in [-0.4, -0.2) is 17.7 Å². The zero-order chi connectivity index (χ0) is 13.9. The van der Waals surface area contributed by atoms with E-state index in [1.807, 2.05) is 5.38 Å². The summed E-state index contributed by atoms with van der Waals surface area (Å²) < 4.78 is 10.6. The van der Waals surface area contributed by atoms with Gasteiger partial charge in [0, 0.05) is 11.8 Å². The van der Waals surface area contributed by atoms with Crippen molar-refractivity contribution in [2.24, 2.45) is 0 Å². The van der Waals surface area contributed by atoms with E-state index in [-0.39, 0.29) is 18.3 Å². The average Bonchev–Trinajstić information content (AvgIpc) is 3.03. The lowest BCUT2D eigenvalue weighted by molar-refractivity contribution is 0.104. The summed E-state index contributed by atoms with van der Waals surface area (Å²) in [5, 5.41) is 11.5. The number of aromatic hydroxyl groups is 1. The van der Waals surface area contributed by atoms with Crippen molar-refractivity contribution in [3.8, 4) is 17.2 Å². The summed E-state index contributed by atoms with van der Waals surface area (Å²) in [6.45, 7) is 0.256. The molecule has 1 aromatic heterocycles. The highest BCUT2D eigenvalue weighted by Crippen LogP contribution is 2.41. The fourth-order valence-electron chi connectivity index (χ4n) is 1.96. The van der Waals surface area contributed by atoms with Crippen LogP contribution in [0.1, 0.15) is 15.2 Å². The van der Waals surface area contributed by atoms with Gasteiger partial charge in [-0.2, -0.15) is 0 Å². The molecule has 0 aliphatic carbocycles. The number of carbonyl (C=O) groups excluding carboxylic acids is 1. The summed E-state index contributed by atoms with van der Waals surface area (Å²) in [5.41, 5.74) is 0.305. The van der Waals surface area contributed by atoms with Crippen LogP contribution in [0.3, 0.4) is 0 Å². The summed E-state index contributed by atoms with van der Waals surface area (Å²) in [5.74, 6) is 1.32. The Morgan fingerprint density at radius 1 is 1.35 bits per heavy atom. The molecule has 0 fully saturated rings. The molecule has 1 aromatic carbocycles. The van der Waals surface area contributed by atoms with Crippen LogP contribution in [0.5, 0.6) is 17.2 Å². The molecule has 0 bridgehead atoms. The number of allylic oxidation sites excluding steroid dienone is 2. The Kier molecular flexibility index (Phi) is 3.43. The van der Waals surface area contributed by atoms with Crippen molar-refractivity contribution in [2.45, 2.75) is 6.42 Å². The van der Waals surface area contributed by atoms with Crippen LogP contribution in [0.2, 0.25) is 0 Å². The van der Waals surface area contributed by atoms with Crippen molar-refractivity contribution >= 4 is 17.1 Å². The fourth-order valence-corrected chi connectivity index (χ4v) is 2.84. The standard InChI is InChI=1S/C15H12O4S/c16-11-5-2-1-4-10(11)12(17)6-3-7-14-15-13(8-20-14)18-9-19-15/h1-6,8,16H,7,9H2. The topological polar surface area (TPSA) is 55.8 Å². The van der Waals surface area contributed by atoms with Crippen molar-refractivity contribution in [2.75, 3.05) is 6.79 Å². The Bertz CT molecular complexity index is 672. The number of benzene rings is 1. The predicted molar refractivity (Wildman–Crippen MR) is 75.7 cm³/mol. The molecular weight excluding hydrogens is 276 g/mol. The van der Waals surface area contributed by atoms with Crippen LogP contribution in [0.4, 0.5) is 0 Å². The first-order valence-corrected chi connectivity index (χ1v) is 6.98. The van der Waals surface area contributed by atoms with Crippen molar-refractivity contribution in [3.05, 3.63) is 52.2 Å². The Hall–Kier alpha value is -2.27. The molecule has 0 saturated carbocycles. The minimum absolute atomic E-state index is 0.00380. The number of para-hydroxylation sites is 1. The van der Waals surface area contributed by atoms with Gasteiger partial charge in [0.05, 0.1) is 10.4 Å². The highest BCUT2D eigenvalue weighted by Gasteiger charge is 2.19. The fraction of sp³-hybridized carbons (Fsp3) is 0.133. The third-order valence-corrected chi connectivity index (χ3v) is 3.91. The molecule has 1 aliphatic heterocycles. The van der Waals surface area contributed by atoms with Crippen LogP contribution in [0, 0.1) is 0 Å². The number of rotatable bonds is 4. The van der Waals surface area contributed by atoms with Gasteiger partial charge in [-0.1, -0.05) is 18.2 Å². The minimum Gasteiger partial charge on any atom is -0.507 e. The third kappa shape index (κ3) is 2.40. The molecular formula is C15H12O4S. The van der Waals surface area contributed by atoms with E-state index >= 15 is 0 Å². The van der Waals surface area contributed by atoms with Crippen LogP contribution < -0.4 is 9.47 Å². The molecule has 1 N–H and O–H groups in total. The van der Waals surface area contributed by atoms with Gasteiger partial charge in [-0.3, -0.25) is 4.79 Å². The number of phenols is 1. The number of ether oxygens (including phenoxy) is 2. The second-order valence-corrected chi connectivity index (χ2v) is 5.21. The maximum absolute atomic E-state index is 11.9. The lowest BCUT2D eigenvalue weighted by atomic mass is 10.1. The number of hydrogen-bond donors (Lipinski definition) is 1. The van der Waals surface area contributed by atoms with Gasteiger partial charge in [-0.05, 0) is 18.2 Å². The van der Waals surface area contributed by atoms with E-state index in [9.17, 15) is 9.90 Å². The second kappa shape index (κ2) is 5.38. The highest BCUT2D eigenvalue weighted by atomic mass is 32.1. The Labute approximate surface area is 119 Å². The van der Waals surface area contributed by atoms with Gasteiger partial charge in [0.2, 0.25) is 6.79 Å². The summed E-state index contributed by atoms with van der Waals surface area (Å²) in [4.78, 5) is 13.0. The molecule has 2 heterocycles. The van der Waals surface area contributed by atoms with Crippen LogP contribution >= 0.6 is 11.3 Å². The van der Waals surface area contributed by atoms with Gasteiger partial charge >= 0.3 is 0 Å². The van der Waals surface area contributed by atoms with Crippen molar-refractivity contribution in [3.63, 3.8) is 0 Å². The van der Waals surface area contributed by atoms with Crippen LogP contribution in [0.25, 0.3) is 0 Å². The van der Waals surface area contributed by atoms with Gasteiger partial charge < -0.3 is 14.6 Å². The molecule has 20 heavy (non-hydrogen) atoms. The van der Waals surface area contributed by atoms with E-state index in [0.717, 1.165) is 16.4 Å². The van der Waals surface area contributed by atoms with Gasteiger partial charge in [0.25, 0.3) is 0 Å². The number of thiophene rings is 1. The lowest BCUT2D eigenvalue weighted by Crippen LogP contribution is -1.96. The zero-order valence-corrected chi connectivity index (χ0v) is 11.4. The first kappa shape index (κ1) is 12.7. The first-order chi connectivity index (χ1) is 9.75. The summed E-state index contributed by atoms with van der Waals surface area (Å²) in [6.07, 6.45) is 3.84. The Balaban J connectivity index is 1.69. The molecule has 5 heteroatoms. The van der Waals surface area contributed by atoms with Crippen LogP contribution in [0.15, 0.2) is 41.8 Å². The summed E-state index contributed by atoms with van der Waals surface area (Å²) in [6, 6.07) is 6.50. The number of fused-ring (bicyclic) bond motifs is 1. The smallest absolute Gasteiger partial charge is 0.231 e. The molecule has 0 unspecified atom stereocenters. The Morgan fingerprint density at radius 2 is 2.20 bits per heavy atom. The molecule has 102 valence electrons. The monoisotopic (exact) mass is 288 g/mol. The van der Waals surface area contributed by atoms with E-state index in [1.54, 1.807) is 35.6 Å². The molecule has 3 rings (SSSR count). The SMILES string of the molecule is O=C(C=CCc1scc2c1OCO2)c1ccccc1O. The number of ketones is 1. The Morgan fingerprint density at radius 3 is 3.05 bits per heavy atom. The largest absolute Gasteiger partial charge is 0.507 e. The highest BCUT2D eigenvalue weighted by molar-refractivity contribution is 7.10. The van der Waals surface area contributed by atoms with Gasteiger partial charge in [0.1, 0.15) is 5.75 Å². The number of phenolic OH excluding ortho intramolecular Hbond substituents is 1. The van der Waals surface area contributed by atoms with Crippen molar-refractivity contribution in [1.82, 2.24) is 0 Å². The molecule has 0 spiro atoms. The van der Waals surface area contributed by atoms with E-state index < -0.39 is 0 Å². The van der Waals surface area contributed by atoms with Crippen molar-refractivity contribution in [1.29, 1.82) is 0 Å². The maximum Gasteiger partial charge on any atom is 0.231 e. The molecule has 1 aliphatic rings. The quantitative estimate of drug-likeness (QED) is 0.693. The summed E-state index contributed by atoms with van der Waals surface area (Å²) >= 11 is 1.54. The van der Waals surface area contributed by atoms with Crippen LogP contribution in [-0.2, 0) is 6.42 Å². The molecule has 0 atom stereocenters. The first-order valence-electron chi connectivity index (χ1n) is 6.10. The molecule has 0 radical (unpaired) electrons. The van der Waals surface area contributed by atoms with E-state index in [1.165, 1.54) is 12.1 Å². The number of hydrogen-bond acceptors (Lipinski definition) is 5. The molecule has 0 saturated heterocycles. The maximum atomic E-state index is 11.9. The molecule has 0 amide bonds. The molecule has 2 aromatic rings. The van der Waals surface area contributed by atoms with E-state index in [2.05, 4.69) is 0 Å². The zero-order valence-electron chi connectivity index (χ0n) is 10.5. The van der Waals surface area contributed by atoms with Gasteiger partial charge in [-0.25, -0.2) is 0 Å². The predicted octanol–water partition coefficient (Wildman–Crippen LogP) is 3.16. The number of carbonyl (C=O) groups is 1. The van der Waals surface area contributed by atoms with E-state index in [0.29, 0.717) is 12.0 Å².